The van der Waals surface area contributed by atoms with Gasteiger partial charge in [0.25, 0.3) is 0 Å². The van der Waals surface area contributed by atoms with Crippen LogP contribution in [-0.4, -0.2) is 39.7 Å². The third kappa shape index (κ3) is 2.66. The van der Waals surface area contributed by atoms with Crippen LogP contribution in [0.2, 0.25) is 0 Å². The van der Waals surface area contributed by atoms with Crippen molar-refractivity contribution in [2.45, 2.75) is 5.16 Å². The number of phenols is 1. The Hall–Kier alpha value is -2.81. The molecule has 8 nitrogen and oxygen atoms in total. The highest BCUT2D eigenvalue weighted by molar-refractivity contribution is 7.90. The van der Waals surface area contributed by atoms with Crippen LogP contribution in [0.25, 0.3) is 11.0 Å². The number of hydrogen-bond acceptors (Lipinski definition) is 8. The molecule has 1 aromatic carbocycles. The van der Waals surface area contributed by atoms with Gasteiger partial charge in [-0.05, 0) is 12.1 Å². The minimum atomic E-state index is -3.55. The van der Waals surface area contributed by atoms with E-state index >= 15 is 0 Å². The van der Waals surface area contributed by atoms with Crippen molar-refractivity contribution in [2.75, 3.05) is 11.6 Å². The Labute approximate surface area is 125 Å². The van der Waals surface area contributed by atoms with E-state index in [-0.39, 0.29) is 22.2 Å². The highest BCUT2D eigenvalue weighted by Crippen LogP contribution is 2.27. The maximum atomic E-state index is 11.6. The number of para-hydroxylation sites is 2. The number of hydrogen-bond donors (Lipinski definition) is 2. The fourth-order valence-electron chi connectivity index (χ4n) is 1.82. The Morgan fingerprint density at radius 3 is 2.64 bits per heavy atom. The number of aromatic nitrogens is 4. The molecule has 2 N–H and O–H groups in total. The quantitative estimate of drug-likeness (QED) is 0.548. The van der Waals surface area contributed by atoms with Crippen LogP contribution in [0.3, 0.4) is 0 Å². The zero-order valence-corrected chi connectivity index (χ0v) is 12.2. The molecule has 2 aromatic heterocycles. The van der Waals surface area contributed by atoms with Crippen LogP contribution in [0.5, 0.6) is 5.75 Å². The van der Waals surface area contributed by atoms with Crippen LogP contribution in [0.1, 0.15) is 0 Å². The molecular weight excluding hydrogens is 306 g/mol. The van der Waals surface area contributed by atoms with Crippen LogP contribution >= 0.6 is 0 Å². The van der Waals surface area contributed by atoms with Crippen LogP contribution < -0.4 is 5.32 Å². The first-order valence-electron chi connectivity index (χ1n) is 6.18. The van der Waals surface area contributed by atoms with E-state index in [2.05, 4.69) is 25.3 Å². The highest BCUT2D eigenvalue weighted by atomic mass is 32.2. The van der Waals surface area contributed by atoms with Gasteiger partial charge in [0.15, 0.2) is 5.82 Å². The lowest BCUT2D eigenvalue weighted by atomic mass is 10.3. The van der Waals surface area contributed by atoms with E-state index in [4.69, 9.17) is 0 Å². The molecule has 0 aliphatic heterocycles. The third-order valence-corrected chi connectivity index (χ3v) is 3.70. The average molecular weight is 317 g/mol. The van der Waals surface area contributed by atoms with Crippen molar-refractivity contribution in [1.82, 2.24) is 19.9 Å². The Morgan fingerprint density at radius 2 is 1.91 bits per heavy atom. The second-order valence-electron chi connectivity index (χ2n) is 4.52. The SMILES string of the molecule is CS(=O)(=O)c1ncc2ncnc(Nc3ccccc3O)c2n1. The van der Waals surface area contributed by atoms with Crippen molar-refractivity contribution in [1.29, 1.82) is 0 Å². The van der Waals surface area contributed by atoms with Gasteiger partial charge < -0.3 is 10.4 Å². The molecule has 0 amide bonds. The van der Waals surface area contributed by atoms with Crippen LogP contribution in [-0.2, 0) is 9.84 Å². The standard InChI is InChI=1S/C13H11N5O3S/c1-22(20,21)13-14-6-9-11(18-13)12(16-7-15-9)17-8-4-2-3-5-10(8)19/h2-7,19H,1H3,(H,15,16,17). The first-order valence-corrected chi connectivity index (χ1v) is 8.07. The van der Waals surface area contributed by atoms with Gasteiger partial charge in [0.1, 0.15) is 23.1 Å². The van der Waals surface area contributed by atoms with Crippen molar-refractivity contribution >= 4 is 32.4 Å². The fourth-order valence-corrected chi connectivity index (χ4v) is 2.32. The molecule has 3 rings (SSSR count). The Kier molecular flexibility index (Phi) is 3.33. The summed E-state index contributed by atoms with van der Waals surface area (Å²) >= 11 is 0. The van der Waals surface area contributed by atoms with E-state index in [0.29, 0.717) is 11.2 Å². The monoisotopic (exact) mass is 317 g/mol. The van der Waals surface area contributed by atoms with Crippen LogP contribution in [0.15, 0.2) is 41.9 Å². The number of anilines is 2. The Morgan fingerprint density at radius 1 is 1.14 bits per heavy atom. The van der Waals surface area contributed by atoms with Gasteiger partial charge in [0.2, 0.25) is 15.0 Å². The topological polar surface area (TPSA) is 118 Å². The summed E-state index contributed by atoms with van der Waals surface area (Å²) in [7, 11) is -3.55. The molecule has 0 atom stereocenters. The molecule has 0 saturated carbocycles. The number of rotatable bonds is 3. The fraction of sp³-hybridized carbons (Fsp3) is 0.0769. The lowest BCUT2D eigenvalue weighted by Gasteiger charge is -2.09. The summed E-state index contributed by atoms with van der Waals surface area (Å²) in [6.45, 7) is 0. The predicted octanol–water partition coefficient (Wildman–Crippen LogP) is 1.27. The summed E-state index contributed by atoms with van der Waals surface area (Å²) in [5, 5.41) is 12.4. The summed E-state index contributed by atoms with van der Waals surface area (Å²) in [5.41, 5.74) is 1.06. The van der Waals surface area contributed by atoms with Gasteiger partial charge in [-0.2, -0.15) is 0 Å². The Bertz CT molecular complexity index is 959. The number of phenolic OH excluding ortho intramolecular Hbond substituents is 1. The van der Waals surface area contributed by atoms with Gasteiger partial charge in [-0.25, -0.2) is 28.4 Å². The molecule has 112 valence electrons. The molecule has 0 radical (unpaired) electrons. The lowest BCUT2D eigenvalue weighted by Crippen LogP contribution is -2.06. The molecule has 0 saturated heterocycles. The van der Waals surface area contributed by atoms with Gasteiger partial charge >= 0.3 is 0 Å². The smallest absolute Gasteiger partial charge is 0.247 e. The second kappa shape index (κ2) is 5.19. The largest absolute Gasteiger partial charge is 0.506 e. The molecule has 0 fully saturated rings. The predicted molar refractivity (Wildman–Crippen MR) is 79.6 cm³/mol. The van der Waals surface area contributed by atoms with Crippen molar-refractivity contribution < 1.29 is 13.5 Å². The highest BCUT2D eigenvalue weighted by Gasteiger charge is 2.15. The summed E-state index contributed by atoms with van der Waals surface area (Å²) in [4.78, 5) is 15.8. The summed E-state index contributed by atoms with van der Waals surface area (Å²) in [6, 6.07) is 6.59. The maximum absolute atomic E-state index is 11.6. The second-order valence-corrected chi connectivity index (χ2v) is 6.43. The van der Waals surface area contributed by atoms with Crippen molar-refractivity contribution in [3.05, 3.63) is 36.8 Å². The molecule has 0 aliphatic rings. The number of aromatic hydroxyl groups is 1. The van der Waals surface area contributed by atoms with Crippen molar-refractivity contribution in [2.24, 2.45) is 0 Å². The van der Waals surface area contributed by atoms with Gasteiger partial charge in [-0.15, -0.1) is 0 Å². The van der Waals surface area contributed by atoms with Crippen molar-refractivity contribution in [3.8, 4) is 5.75 Å². The molecule has 0 spiro atoms. The zero-order valence-electron chi connectivity index (χ0n) is 11.4. The van der Waals surface area contributed by atoms with Gasteiger partial charge in [0.05, 0.1) is 11.9 Å². The summed E-state index contributed by atoms with van der Waals surface area (Å²) < 4.78 is 23.1. The Balaban J connectivity index is 2.15. The van der Waals surface area contributed by atoms with Crippen LogP contribution in [0.4, 0.5) is 11.5 Å². The zero-order chi connectivity index (χ0) is 15.7. The number of sulfone groups is 1. The molecule has 22 heavy (non-hydrogen) atoms. The number of benzene rings is 1. The van der Waals surface area contributed by atoms with Gasteiger partial charge in [0, 0.05) is 6.26 Å². The van der Waals surface area contributed by atoms with E-state index in [1.54, 1.807) is 18.2 Å². The van der Waals surface area contributed by atoms with E-state index in [0.717, 1.165) is 6.26 Å². The minimum Gasteiger partial charge on any atom is -0.506 e. The van der Waals surface area contributed by atoms with E-state index in [1.165, 1.54) is 18.6 Å². The normalized spacial score (nSPS) is 11.5. The first kappa shape index (κ1) is 14.1. The summed E-state index contributed by atoms with van der Waals surface area (Å²) in [5.74, 6) is 0.311. The van der Waals surface area contributed by atoms with Crippen molar-refractivity contribution in [3.63, 3.8) is 0 Å². The van der Waals surface area contributed by atoms with E-state index in [1.807, 2.05) is 0 Å². The number of nitrogens with one attached hydrogen (secondary N) is 1. The maximum Gasteiger partial charge on any atom is 0.247 e. The molecule has 0 unspecified atom stereocenters. The molecule has 2 heterocycles. The van der Waals surface area contributed by atoms with Gasteiger partial charge in [-0.3, -0.25) is 0 Å². The molecule has 0 aliphatic carbocycles. The third-order valence-electron chi connectivity index (χ3n) is 2.84. The van der Waals surface area contributed by atoms with E-state index < -0.39 is 9.84 Å². The van der Waals surface area contributed by atoms with Gasteiger partial charge in [-0.1, -0.05) is 12.1 Å². The molecule has 3 aromatic rings. The summed E-state index contributed by atoms with van der Waals surface area (Å²) in [6.07, 6.45) is 3.64. The molecule has 9 heteroatoms. The van der Waals surface area contributed by atoms with E-state index in [9.17, 15) is 13.5 Å². The molecule has 0 bridgehead atoms. The lowest BCUT2D eigenvalue weighted by molar-refractivity contribution is 0.477. The van der Waals surface area contributed by atoms with Crippen LogP contribution in [0, 0.1) is 0 Å². The first-order chi connectivity index (χ1) is 10.4. The number of fused-ring (bicyclic) bond motifs is 1. The minimum absolute atomic E-state index is 0.0339. The molecular formula is C13H11N5O3S. The average Bonchev–Trinajstić information content (AvgIpc) is 2.48. The number of nitrogens with zero attached hydrogens (tertiary/aromatic N) is 4.